The lowest BCUT2D eigenvalue weighted by Gasteiger charge is -2.23. The Morgan fingerprint density at radius 3 is 1.75 bits per heavy atom. The first-order valence-electron chi connectivity index (χ1n) is 7.99. The summed E-state index contributed by atoms with van der Waals surface area (Å²) >= 11 is 0. The highest BCUT2D eigenvalue weighted by Crippen LogP contribution is 2.04. The zero-order valence-electron chi connectivity index (χ0n) is 13.6. The molecule has 0 aliphatic carbocycles. The molecule has 118 valence electrons. The van der Waals surface area contributed by atoms with Gasteiger partial charge in [0, 0.05) is 18.7 Å². The fraction of sp³-hybridized carbons (Fsp3) is 0.812. The highest BCUT2D eigenvalue weighted by atomic mass is 16.2. The van der Waals surface area contributed by atoms with Crippen molar-refractivity contribution in [3.8, 4) is 0 Å². The Balaban J connectivity index is 3.95. The highest BCUT2D eigenvalue weighted by molar-refractivity contribution is 5.92. The molecule has 0 aromatic heterocycles. The van der Waals surface area contributed by atoms with Gasteiger partial charge in [-0.05, 0) is 58.8 Å². The van der Waals surface area contributed by atoms with Crippen molar-refractivity contribution in [3.05, 3.63) is 12.2 Å². The number of carbonyl (C=O) groups is 1. The molecule has 0 atom stereocenters. The van der Waals surface area contributed by atoms with E-state index in [1.165, 1.54) is 0 Å². The normalized spacial score (nSPS) is 10.6. The van der Waals surface area contributed by atoms with Crippen LogP contribution in [0.15, 0.2) is 12.2 Å². The summed E-state index contributed by atoms with van der Waals surface area (Å²) in [6.45, 7) is 15.6. The molecule has 0 bridgehead atoms. The van der Waals surface area contributed by atoms with E-state index < -0.39 is 0 Å². The van der Waals surface area contributed by atoms with Crippen molar-refractivity contribution in [2.45, 2.75) is 46.5 Å². The van der Waals surface area contributed by atoms with Gasteiger partial charge in [-0.1, -0.05) is 20.4 Å². The molecule has 0 aromatic rings. The molecule has 0 rings (SSSR count). The number of rotatable bonds is 13. The highest BCUT2D eigenvalue weighted by Gasteiger charge is 2.12. The van der Waals surface area contributed by atoms with E-state index in [2.05, 4.69) is 31.1 Å². The maximum Gasteiger partial charge on any atom is 0.248 e. The number of amides is 1. The Hall–Kier alpha value is -0.870. The lowest BCUT2D eigenvalue weighted by Crippen LogP contribution is -2.34. The van der Waals surface area contributed by atoms with Crippen LogP contribution in [0.25, 0.3) is 0 Å². The van der Waals surface area contributed by atoms with Gasteiger partial charge in [-0.15, -0.1) is 0 Å². The van der Waals surface area contributed by atoms with Crippen molar-refractivity contribution in [2.24, 2.45) is 0 Å². The third-order valence-corrected chi connectivity index (χ3v) is 3.22. The van der Waals surface area contributed by atoms with Crippen molar-refractivity contribution in [1.29, 1.82) is 0 Å². The van der Waals surface area contributed by atoms with E-state index in [0.29, 0.717) is 5.57 Å². The van der Waals surface area contributed by atoms with E-state index in [0.717, 1.165) is 65.0 Å². The second kappa shape index (κ2) is 13.1. The first-order chi connectivity index (χ1) is 9.63. The topological polar surface area (TPSA) is 44.4 Å². The Morgan fingerprint density at radius 1 is 0.950 bits per heavy atom. The van der Waals surface area contributed by atoms with Gasteiger partial charge in [-0.25, -0.2) is 0 Å². The number of hydrogen-bond donors (Lipinski definition) is 2. The van der Waals surface area contributed by atoms with Crippen LogP contribution in [0, 0.1) is 0 Å². The lowest BCUT2D eigenvalue weighted by atomic mass is 10.2. The van der Waals surface area contributed by atoms with Gasteiger partial charge in [0.05, 0.1) is 0 Å². The largest absolute Gasteiger partial charge is 0.339 e. The molecule has 0 saturated heterocycles. The molecule has 0 saturated carbocycles. The molecule has 0 unspecified atom stereocenters. The van der Waals surface area contributed by atoms with Gasteiger partial charge in [0.1, 0.15) is 0 Å². The van der Waals surface area contributed by atoms with Crippen LogP contribution in [0.3, 0.4) is 0 Å². The average molecular weight is 283 g/mol. The van der Waals surface area contributed by atoms with Gasteiger partial charge in [0.25, 0.3) is 0 Å². The summed E-state index contributed by atoms with van der Waals surface area (Å²) in [5.74, 6) is 0.108. The smallest absolute Gasteiger partial charge is 0.248 e. The summed E-state index contributed by atoms with van der Waals surface area (Å²) in [5.41, 5.74) is 0.642. The molecule has 2 N–H and O–H groups in total. The van der Waals surface area contributed by atoms with E-state index >= 15 is 0 Å². The monoisotopic (exact) mass is 283 g/mol. The van der Waals surface area contributed by atoms with E-state index in [9.17, 15) is 4.79 Å². The van der Waals surface area contributed by atoms with Crippen molar-refractivity contribution >= 4 is 5.91 Å². The van der Waals surface area contributed by atoms with Gasteiger partial charge in [-0.2, -0.15) is 0 Å². The molecule has 0 fully saturated rings. The Kier molecular flexibility index (Phi) is 12.6. The van der Waals surface area contributed by atoms with Gasteiger partial charge in [-0.3, -0.25) is 4.79 Å². The molecular weight excluding hydrogens is 250 g/mol. The van der Waals surface area contributed by atoms with Crippen LogP contribution in [-0.2, 0) is 4.79 Å². The Labute approximate surface area is 125 Å². The average Bonchev–Trinajstić information content (AvgIpc) is 2.43. The molecule has 0 heterocycles. The standard InChI is InChI=1S/C16H33N3O/c1-5-17-11-7-9-13-19(16(20)15(3)4)14-10-8-12-18-6-2/h17-18H,3,5-14H2,1-2,4H3. The van der Waals surface area contributed by atoms with Crippen LogP contribution in [0.2, 0.25) is 0 Å². The van der Waals surface area contributed by atoms with E-state index in [4.69, 9.17) is 0 Å². The first-order valence-corrected chi connectivity index (χ1v) is 7.99. The van der Waals surface area contributed by atoms with E-state index in [1.807, 2.05) is 4.90 Å². The summed E-state index contributed by atoms with van der Waals surface area (Å²) in [4.78, 5) is 14.0. The molecule has 0 aliphatic heterocycles. The molecule has 0 aliphatic rings. The van der Waals surface area contributed by atoms with E-state index in [-0.39, 0.29) is 5.91 Å². The van der Waals surface area contributed by atoms with Crippen LogP contribution in [0.1, 0.15) is 46.5 Å². The minimum Gasteiger partial charge on any atom is -0.339 e. The molecular formula is C16H33N3O. The summed E-state index contributed by atoms with van der Waals surface area (Å²) in [5, 5.41) is 6.62. The Morgan fingerprint density at radius 2 is 1.40 bits per heavy atom. The molecule has 1 amide bonds. The van der Waals surface area contributed by atoms with Crippen molar-refractivity contribution in [2.75, 3.05) is 39.3 Å². The number of nitrogens with one attached hydrogen (secondary N) is 2. The van der Waals surface area contributed by atoms with Crippen LogP contribution >= 0.6 is 0 Å². The quantitative estimate of drug-likeness (QED) is 0.402. The van der Waals surface area contributed by atoms with Gasteiger partial charge >= 0.3 is 0 Å². The molecule has 4 heteroatoms. The second-order valence-electron chi connectivity index (χ2n) is 5.19. The van der Waals surface area contributed by atoms with Gasteiger partial charge in [0.2, 0.25) is 5.91 Å². The number of hydrogen-bond acceptors (Lipinski definition) is 3. The number of nitrogens with zero attached hydrogens (tertiary/aromatic N) is 1. The molecule has 0 radical (unpaired) electrons. The maximum atomic E-state index is 12.1. The van der Waals surface area contributed by atoms with Crippen molar-refractivity contribution in [1.82, 2.24) is 15.5 Å². The van der Waals surface area contributed by atoms with Crippen LogP contribution in [-0.4, -0.2) is 50.1 Å². The molecule has 20 heavy (non-hydrogen) atoms. The zero-order chi connectivity index (χ0) is 15.2. The zero-order valence-corrected chi connectivity index (χ0v) is 13.6. The SMILES string of the molecule is C=C(C)C(=O)N(CCCCNCC)CCCCNCC. The minimum absolute atomic E-state index is 0.108. The van der Waals surface area contributed by atoms with Crippen LogP contribution in [0.5, 0.6) is 0 Å². The predicted molar refractivity (Wildman–Crippen MR) is 86.9 cm³/mol. The minimum atomic E-state index is 0.108. The molecule has 0 aromatic carbocycles. The number of unbranched alkanes of at least 4 members (excludes halogenated alkanes) is 2. The summed E-state index contributed by atoms with van der Waals surface area (Å²) in [6, 6.07) is 0. The number of carbonyl (C=O) groups excluding carboxylic acids is 1. The third-order valence-electron chi connectivity index (χ3n) is 3.22. The van der Waals surface area contributed by atoms with Crippen molar-refractivity contribution < 1.29 is 4.79 Å². The summed E-state index contributed by atoms with van der Waals surface area (Å²) < 4.78 is 0. The van der Waals surface area contributed by atoms with Gasteiger partial charge < -0.3 is 15.5 Å². The fourth-order valence-electron chi connectivity index (χ4n) is 2.04. The van der Waals surface area contributed by atoms with Crippen LogP contribution in [0.4, 0.5) is 0 Å². The second-order valence-corrected chi connectivity index (χ2v) is 5.19. The maximum absolute atomic E-state index is 12.1. The van der Waals surface area contributed by atoms with E-state index in [1.54, 1.807) is 6.92 Å². The summed E-state index contributed by atoms with van der Waals surface area (Å²) in [6.07, 6.45) is 4.34. The third kappa shape index (κ3) is 9.98. The molecule has 0 spiro atoms. The van der Waals surface area contributed by atoms with Crippen molar-refractivity contribution in [3.63, 3.8) is 0 Å². The Bertz CT molecular complexity index is 252. The predicted octanol–water partition coefficient (Wildman–Crippen LogP) is 2.17. The first kappa shape index (κ1) is 19.1. The lowest BCUT2D eigenvalue weighted by molar-refractivity contribution is -0.127. The summed E-state index contributed by atoms with van der Waals surface area (Å²) in [7, 11) is 0. The molecule has 4 nitrogen and oxygen atoms in total. The van der Waals surface area contributed by atoms with Gasteiger partial charge in [0.15, 0.2) is 0 Å². The fourth-order valence-corrected chi connectivity index (χ4v) is 2.04. The van der Waals surface area contributed by atoms with Crippen LogP contribution < -0.4 is 10.6 Å².